The number of fused-ring (bicyclic) bond motifs is 11. The Labute approximate surface area is 575 Å². The van der Waals surface area contributed by atoms with E-state index in [1.807, 2.05) is 0 Å². The Morgan fingerprint density at radius 1 is 0.216 bits per heavy atom. The third-order valence-corrected chi connectivity index (χ3v) is 22.0. The number of rotatable bonds is 6. The van der Waals surface area contributed by atoms with Crippen LogP contribution >= 0.6 is 0 Å². The molecule has 4 aliphatic heterocycles. The molecule has 0 saturated carbocycles. The number of para-hydroxylation sites is 8. The van der Waals surface area contributed by atoms with Crippen molar-refractivity contribution < 1.29 is 0 Å². The van der Waals surface area contributed by atoms with Crippen molar-refractivity contribution in [1.29, 1.82) is 0 Å². The minimum Gasteiger partial charge on any atom is -0.310 e. The maximum absolute atomic E-state index is 2.61. The molecule has 97 heavy (non-hydrogen) atoms. The Morgan fingerprint density at radius 3 is 0.588 bits per heavy atom. The van der Waals surface area contributed by atoms with Gasteiger partial charge in [0.1, 0.15) is 0 Å². The van der Waals surface area contributed by atoms with Gasteiger partial charge in [0.25, 0.3) is 0 Å². The fraction of sp³-hybridized carbons (Fsp3) is 0.226. The summed E-state index contributed by atoms with van der Waals surface area (Å²) in [5.41, 5.74) is 30.8. The highest BCUT2D eigenvalue weighted by molar-refractivity contribution is 5.96. The van der Waals surface area contributed by atoms with E-state index in [0.717, 1.165) is 22.7 Å². The number of hydrogen-bond acceptors (Lipinski definition) is 4. The Morgan fingerprint density at radius 2 is 0.392 bits per heavy atom. The molecule has 0 unspecified atom stereocenters. The van der Waals surface area contributed by atoms with E-state index in [1.165, 1.54) is 123 Å². The molecule has 478 valence electrons. The van der Waals surface area contributed by atoms with Crippen LogP contribution in [0.2, 0.25) is 0 Å². The van der Waals surface area contributed by atoms with Crippen LogP contribution in [0.5, 0.6) is 0 Å². The Kier molecular flexibility index (Phi) is 13.7. The van der Waals surface area contributed by atoms with Gasteiger partial charge in [-0.15, -0.1) is 0 Å². The van der Waals surface area contributed by atoms with Crippen LogP contribution in [-0.4, -0.2) is 0 Å². The fourth-order valence-corrected chi connectivity index (χ4v) is 18.7. The number of hydrogen-bond donors (Lipinski definition) is 0. The lowest BCUT2D eigenvalue weighted by Crippen LogP contribution is -2.33. The van der Waals surface area contributed by atoms with Crippen LogP contribution in [0.3, 0.4) is 0 Å². The molecule has 0 amide bonds. The van der Waals surface area contributed by atoms with Crippen LogP contribution in [-0.2, 0) is 5.41 Å². The van der Waals surface area contributed by atoms with E-state index in [0.29, 0.717) is 0 Å². The van der Waals surface area contributed by atoms with Crippen molar-refractivity contribution in [3.63, 3.8) is 0 Å². The van der Waals surface area contributed by atoms with Crippen molar-refractivity contribution in [2.75, 3.05) is 19.6 Å². The zero-order chi connectivity index (χ0) is 66.7. The highest BCUT2D eigenvalue weighted by Crippen LogP contribution is 2.65. The maximum atomic E-state index is 2.61. The molecule has 4 nitrogen and oxygen atoms in total. The van der Waals surface area contributed by atoms with Crippen LogP contribution in [0.25, 0.3) is 11.1 Å². The van der Waals surface area contributed by atoms with Gasteiger partial charge in [-0.1, -0.05) is 277 Å². The van der Waals surface area contributed by atoms with Crippen LogP contribution in [0.4, 0.5) is 68.2 Å². The average molecular weight is 1260 g/mol. The van der Waals surface area contributed by atoms with E-state index < -0.39 is 5.41 Å². The van der Waals surface area contributed by atoms with Crippen molar-refractivity contribution in [2.24, 2.45) is 21.7 Å². The van der Waals surface area contributed by atoms with E-state index in [2.05, 4.69) is 382 Å². The molecule has 0 spiro atoms. The molecule has 0 atom stereocenters. The summed E-state index contributed by atoms with van der Waals surface area (Å²) in [5, 5.41) is 0. The lowest BCUT2D eigenvalue weighted by atomic mass is 9.66. The smallest absolute Gasteiger partial charge is 0.0716 e. The van der Waals surface area contributed by atoms with Crippen molar-refractivity contribution >= 4 is 68.2 Å². The maximum Gasteiger partial charge on any atom is 0.0716 e. The summed E-state index contributed by atoms with van der Waals surface area (Å²) in [5.74, 6) is 0.620. The van der Waals surface area contributed by atoms with Gasteiger partial charge in [-0.05, 0) is 184 Å². The van der Waals surface area contributed by atoms with E-state index in [4.69, 9.17) is 0 Å². The number of benzene rings is 12. The second kappa shape index (κ2) is 21.9. The summed E-state index contributed by atoms with van der Waals surface area (Å²) in [6.07, 6.45) is 0. The first-order valence-electron chi connectivity index (χ1n) is 35.1. The summed E-state index contributed by atoms with van der Waals surface area (Å²) in [7, 11) is 0. The molecule has 0 bridgehead atoms. The molecule has 17 rings (SSSR count). The quantitative estimate of drug-likeness (QED) is 0.164. The minimum absolute atomic E-state index is 0.0771. The Balaban J connectivity index is 1.03. The van der Waals surface area contributed by atoms with Gasteiger partial charge >= 0.3 is 0 Å². The molecule has 1 aliphatic carbocycles. The van der Waals surface area contributed by atoms with Gasteiger partial charge in [0, 0.05) is 91.9 Å². The van der Waals surface area contributed by atoms with Crippen molar-refractivity contribution in [1.82, 2.24) is 0 Å². The molecule has 0 saturated heterocycles. The molecular weight excluding hydrogens is 1170 g/mol. The summed E-state index contributed by atoms with van der Waals surface area (Å²) >= 11 is 0. The van der Waals surface area contributed by atoms with Crippen LogP contribution in [0, 0.1) is 21.7 Å². The molecule has 0 radical (unpaired) electrons. The first-order valence-corrected chi connectivity index (χ1v) is 35.1. The monoisotopic (exact) mass is 1260 g/mol. The number of nitrogens with zero attached hydrogens (tertiary/aromatic N) is 4. The largest absolute Gasteiger partial charge is 0.310 e. The van der Waals surface area contributed by atoms with Crippen LogP contribution < -0.4 is 19.6 Å². The van der Waals surface area contributed by atoms with Gasteiger partial charge < -0.3 is 19.6 Å². The minimum atomic E-state index is -0.931. The average Bonchev–Trinajstić information content (AvgIpc) is 1.61. The van der Waals surface area contributed by atoms with E-state index in [9.17, 15) is 0 Å². The number of anilines is 12. The molecule has 12 aromatic carbocycles. The molecular formula is C93H86N4. The van der Waals surface area contributed by atoms with E-state index in [-0.39, 0.29) is 45.3 Å². The third-order valence-electron chi connectivity index (χ3n) is 22.0. The highest BCUT2D eigenvalue weighted by Gasteiger charge is 2.50. The van der Waals surface area contributed by atoms with Crippen molar-refractivity contribution in [3.8, 4) is 11.1 Å². The highest BCUT2D eigenvalue weighted by atomic mass is 15.2. The predicted molar refractivity (Wildman–Crippen MR) is 408 cm³/mol. The second-order valence-corrected chi connectivity index (χ2v) is 32.3. The standard InChI is InChI=1S/C93H86N4/c1-89(2,3)85-67-35-15-25-45-77(67)94(78-46-26-16-36-68(78)85)61-53-59(54-62(57-61)95-79-47-27-17-37-69(79)86(90(4,5)6)70-38-18-28-48-80(70)95)93(75-43-23-13-33-65(75)66-34-14-24-44-76(66)93)60-55-63(96-81-49-29-19-39-71(81)87(91(7,8)9)72-40-20-30-50-82(72)96)58-64(56-60)97-83-51-31-21-41-73(83)88(92(10,11)12)74-42-22-32-52-84(74)97/h13-58,85-88H,1-12H3. The topological polar surface area (TPSA) is 13.0 Å². The van der Waals surface area contributed by atoms with Gasteiger partial charge in [-0.25, -0.2) is 0 Å². The SMILES string of the molecule is CC(C)(C)C1c2ccccc2N(c2cc(N3c4ccccc4C(C(C)(C)C)c4ccccc43)cc(C3(c4cc(N5c6ccccc6C(C(C)(C)C)c6ccccc65)cc(N5c6ccccc6C(C(C)(C)C)c6ccccc65)c4)c4ccccc4-c4ccccc43)c2)c2ccccc21. The molecule has 12 aromatic rings. The first-order chi connectivity index (χ1) is 46.7. The Hall–Kier alpha value is -10.2. The molecule has 4 heterocycles. The van der Waals surface area contributed by atoms with E-state index >= 15 is 0 Å². The van der Waals surface area contributed by atoms with Crippen molar-refractivity contribution in [3.05, 3.63) is 346 Å². The van der Waals surface area contributed by atoms with Gasteiger partial charge in [-0.3, -0.25) is 0 Å². The van der Waals surface area contributed by atoms with E-state index in [1.54, 1.807) is 0 Å². The molecule has 0 aromatic heterocycles. The zero-order valence-electron chi connectivity index (χ0n) is 58.2. The molecule has 4 heteroatoms. The molecule has 0 fully saturated rings. The summed E-state index contributed by atoms with van der Waals surface area (Å²) in [6.45, 7) is 28.9. The summed E-state index contributed by atoms with van der Waals surface area (Å²) < 4.78 is 0. The van der Waals surface area contributed by atoms with Gasteiger partial charge in [-0.2, -0.15) is 0 Å². The summed E-state index contributed by atoms with van der Waals surface area (Å²) in [6, 6.07) is 108. The lowest BCUT2D eigenvalue weighted by molar-refractivity contribution is 0.357. The normalized spacial score (nSPS) is 15.7. The second-order valence-electron chi connectivity index (χ2n) is 32.3. The van der Waals surface area contributed by atoms with Crippen LogP contribution in [0.15, 0.2) is 279 Å². The Bertz CT molecular complexity index is 4360. The van der Waals surface area contributed by atoms with Gasteiger partial charge in [0.2, 0.25) is 0 Å². The lowest BCUT2D eigenvalue weighted by Gasteiger charge is -2.45. The van der Waals surface area contributed by atoms with Crippen LogP contribution in [0.1, 0.15) is 174 Å². The van der Waals surface area contributed by atoms with Gasteiger partial charge in [0.05, 0.1) is 5.41 Å². The zero-order valence-corrected chi connectivity index (χ0v) is 58.2. The summed E-state index contributed by atoms with van der Waals surface area (Å²) in [4.78, 5) is 10.5. The van der Waals surface area contributed by atoms with Crippen molar-refractivity contribution in [2.45, 2.75) is 112 Å². The third kappa shape index (κ3) is 9.22. The fourth-order valence-electron chi connectivity index (χ4n) is 18.7. The molecule has 5 aliphatic rings. The first kappa shape index (κ1) is 60.5. The van der Waals surface area contributed by atoms with Gasteiger partial charge in [0.15, 0.2) is 0 Å². The molecule has 0 N–H and O–H groups in total. The predicted octanol–water partition coefficient (Wildman–Crippen LogP) is 25.9.